The number of aryl methyl sites for hydroxylation is 1. The van der Waals surface area contributed by atoms with Gasteiger partial charge in [0.1, 0.15) is 0 Å². The van der Waals surface area contributed by atoms with Gasteiger partial charge in [0.05, 0.1) is 18.9 Å². The van der Waals surface area contributed by atoms with Crippen LogP contribution in [0, 0.1) is 12.8 Å². The molecule has 0 aliphatic carbocycles. The molecule has 0 aromatic carbocycles. The molecular formula is C15H27N3O2S. The maximum atomic E-state index is 5.31. The molecular weight excluding hydrogens is 286 g/mol. The number of anilines is 1. The van der Waals surface area contributed by atoms with E-state index in [-0.39, 0.29) is 0 Å². The van der Waals surface area contributed by atoms with Gasteiger partial charge in [0.2, 0.25) is 0 Å². The van der Waals surface area contributed by atoms with E-state index in [0.717, 1.165) is 50.2 Å². The lowest BCUT2D eigenvalue weighted by Crippen LogP contribution is -2.37. The van der Waals surface area contributed by atoms with Crippen LogP contribution in [0.4, 0.5) is 5.13 Å². The molecule has 1 aromatic heterocycles. The first-order valence-corrected chi connectivity index (χ1v) is 8.46. The van der Waals surface area contributed by atoms with Gasteiger partial charge in [-0.3, -0.25) is 0 Å². The fourth-order valence-electron chi connectivity index (χ4n) is 2.70. The van der Waals surface area contributed by atoms with Crippen LogP contribution >= 0.6 is 11.3 Å². The van der Waals surface area contributed by atoms with E-state index in [4.69, 9.17) is 14.5 Å². The smallest absolute Gasteiger partial charge is 0.185 e. The van der Waals surface area contributed by atoms with E-state index in [2.05, 4.69) is 17.1 Å². The molecule has 0 radical (unpaired) electrons. The second kappa shape index (κ2) is 8.68. The Morgan fingerprint density at radius 3 is 3.00 bits per heavy atom. The SMILES string of the molecule is COCCNCc1sc(N2CCCC(COC)C2)nc1C. The van der Waals surface area contributed by atoms with Gasteiger partial charge in [-0.25, -0.2) is 4.98 Å². The van der Waals surface area contributed by atoms with Crippen molar-refractivity contribution in [2.45, 2.75) is 26.3 Å². The van der Waals surface area contributed by atoms with E-state index in [1.807, 2.05) is 11.3 Å². The molecule has 5 nitrogen and oxygen atoms in total. The van der Waals surface area contributed by atoms with Crippen molar-refractivity contribution in [2.75, 3.05) is 52.0 Å². The molecule has 0 bridgehead atoms. The first-order chi connectivity index (χ1) is 10.2. The maximum Gasteiger partial charge on any atom is 0.185 e. The third-order valence-corrected chi connectivity index (χ3v) is 5.06. The summed E-state index contributed by atoms with van der Waals surface area (Å²) in [6, 6.07) is 0. The van der Waals surface area contributed by atoms with Crippen molar-refractivity contribution in [2.24, 2.45) is 5.92 Å². The molecule has 120 valence electrons. The average molecular weight is 313 g/mol. The molecule has 1 aliphatic heterocycles. The van der Waals surface area contributed by atoms with Gasteiger partial charge < -0.3 is 19.7 Å². The summed E-state index contributed by atoms with van der Waals surface area (Å²) in [5, 5.41) is 4.56. The van der Waals surface area contributed by atoms with E-state index in [1.54, 1.807) is 14.2 Å². The molecule has 1 fully saturated rings. The summed E-state index contributed by atoms with van der Waals surface area (Å²) in [7, 11) is 3.51. The van der Waals surface area contributed by atoms with Crippen LogP contribution in [0.15, 0.2) is 0 Å². The number of piperidine rings is 1. The summed E-state index contributed by atoms with van der Waals surface area (Å²) in [5.74, 6) is 0.635. The number of methoxy groups -OCH3 is 2. The summed E-state index contributed by atoms with van der Waals surface area (Å²) < 4.78 is 10.4. The summed E-state index contributed by atoms with van der Waals surface area (Å²) in [4.78, 5) is 8.51. The molecule has 1 aromatic rings. The lowest BCUT2D eigenvalue weighted by atomic mass is 9.99. The number of rotatable bonds is 8. The molecule has 2 heterocycles. The van der Waals surface area contributed by atoms with Crippen LogP contribution in [-0.4, -0.2) is 52.1 Å². The van der Waals surface area contributed by atoms with E-state index >= 15 is 0 Å². The maximum absolute atomic E-state index is 5.31. The number of ether oxygens (including phenoxy) is 2. The van der Waals surface area contributed by atoms with Crippen molar-refractivity contribution < 1.29 is 9.47 Å². The Labute approximate surface area is 131 Å². The highest BCUT2D eigenvalue weighted by Gasteiger charge is 2.22. The van der Waals surface area contributed by atoms with Crippen molar-refractivity contribution in [3.63, 3.8) is 0 Å². The zero-order valence-corrected chi connectivity index (χ0v) is 14.2. The largest absolute Gasteiger partial charge is 0.384 e. The van der Waals surface area contributed by atoms with Crippen LogP contribution in [-0.2, 0) is 16.0 Å². The predicted octanol–water partition coefficient (Wildman–Crippen LogP) is 2.05. The number of nitrogens with zero attached hydrogens (tertiary/aromatic N) is 2. The highest BCUT2D eigenvalue weighted by atomic mass is 32.1. The van der Waals surface area contributed by atoms with Gasteiger partial charge in [0.25, 0.3) is 0 Å². The Morgan fingerprint density at radius 2 is 2.24 bits per heavy atom. The minimum atomic E-state index is 0.635. The summed E-state index contributed by atoms with van der Waals surface area (Å²) in [6.07, 6.45) is 2.49. The number of nitrogens with one attached hydrogen (secondary N) is 1. The summed E-state index contributed by atoms with van der Waals surface area (Å²) >= 11 is 1.81. The van der Waals surface area contributed by atoms with Crippen LogP contribution in [0.1, 0.15) is 23.4 Å². The zero-order valence-electron chi connectivity index (χ0n) is 13.4. The third-order valence-electron chi connectivity index (χ3n) is 3.84. The molecule has 0 spiro atoms. The van der Waals surface area contributed by atoms with Gasteiger partial charge in [-0.15, -0.1) is 11.3 Å². The van der Waals surface area contributed by atoms with Gasteiger partial charge in [-0.05, 0) is 25.7 Å². The molecule has 6 heteroatoms. The molecule has 2 rings (SSSR count). The molecule has 1 atom stereocenters. The van der Waals surface area contributed by atoms with E-state index < -0.39 is 0 Å². The van der Waals surface area contributed by atoms with Crippen LogP contribution in [0.3, 0.4) is 0 Å². The predicted molar refractivity (Wildman–Crippen MR) is 87.2 cm³/mol. The molecule has 1 saturated heterocycles. The Kier molecular flexibility index (Phi) is 6.89. The van der Waals surface area contributed by atoms with E-state index in [0.29, 0.717) is 5.92 Å². The highest BCUT2D eigenvalue weighted by Crippen LogP contribution is 2.29. The van der Waals surface area contributed by atoms with E-state index in [1.165, 1.54) is 17.7 Å². The van der Waals surface area contributed by atoms with Crippen LogP contribution in [0.2, 0.25) is 0 Å². The Bertz CT molecular complexity index is 423. The number of aromatic nitrogens is 1. The minimum Gasteiger partial charge on any atom is -0.384 e. The molecule has 1 aliphatic rings. The fourth-order valence-corrected chi connectivity index (χ4v) is 3.76. The third kappa shape index (κ3) is 4.92. The minimum absolute atomic E-state index is 0.635. The van der Waals surface area contributed by atoms with Crippen molar-refractivity contribution in [1.82, 2.24) is 10.3 Å². The van der Waals surface area contributed by atoms with Crippen molar-refractivity contribution >= 4 is 16.5 Å². The number of hydrogen-bond donors (Lipinski definition) is 1. The second-order valence-corrected chi connectivity index (χ2v) is 6.65. The molecule has 1 N–H and O–H groups in total. The van der Waals surface area contributed by atoms with Crippen LogP contribution < -0.4 is 10.2 Å². The molecule has 21 heavy (non-hydrogen) atoms. The monoisotopic (exact) mass is 313 g/mol. The molecule has 0 saturated carbocycles. The summed E-state index contributed by atoms with van der Waals surface area (Å²) in [6.45, 7) is 7.64. The Hall–Kier alpha value is -0.690. The van der Waals surface area contributed by atoms with Gasteiger partial charge in [0, 0.05) is 45.3 Å². The lowest BCUT2D eigenvalue weighted by Gasteiger charge is -2.32. The van der Waals surface area contributed by atoms with Gasteiger partial charge in [-0.2, -0.15) is 0 Å². The molecule has 1 unspecified atom stereocenters. The Balaban J connectivity index is 1.91. The first-order valence-electron chi connectivity index (χ1n) is 7.64. The lowest BCUT2D eigenvalue weighted by molar-refractivity contribution is 0.143. The number of thiazole rings is 1. The van der Waals surface area contributed by atoms with Gasteiger partial charge >= 0.3 is 0 Å². The van der Waals surface area contributed by atoms with Gasteiger partial charge in [-0.1, -0.05) is 0 Å². The van der Waals surface area contributed by atoms with E-state index in [9.17, 15) is 0 Å². The van der Waals surface area contributed by atoms with Crippen molar-refractivity contribution in [1.29, 1.82) is 0 Å². The normalized spacial score (nSPS) is 19.2. The fraction of sp³-hybridized carbons (Fsp3) is 0.800. The van der Waals surface area contributed by atoms with Crippen molar-refractivity contribution in [3.05, 3.63) is 10.6 Å². The van der Waals surface area contributed by atoms with Gasteiger partial charge in [0.15, 0.2) is 5.13 Å². The van der Waals surface area contributed by atoms with Crippen LogP contribution in [0.25, 0.3) is 0 Å². The summed E-state index contributed by atoms with van der Waals surface area (Å²) in [5.41, 5.74) is 1.15. The standard InChI is InChI=1S/C15H27N3O2S/c1-12-14(9-16-6-8-19-2)21-15(17-12)18-7-4-5-13(10-18)11-20-3/h13,16H,4-11H2,1-3H3. The van der Waals surface area contributed by atoms with Crippen molar-refractivity contribution in [3.8, 4) is 0 Å². The zero-order chi connectivity index (χ0) is 15.1. The first kappa shape index (κ1) is 16.7. The quantitative estimate of drug-likeness (QED) is 0.744. The topological polar surface area (TPSA) is 46.6 Å². The van der Waals surface area contributed by atoms with Crippen LogP contribution in [0.5, 0.6) is 0 Å². The Morgan fingerprint density at radius 1 is 1.38 bits per heavy atom. The highest BCUT2D eigenvalue weighted by molar-refractivity contribution is 7.15. The molecule has 0 amide bonds. The average Bonchev–Trinajstić information content (AvgIpc) is 2.86. The second-order valence-electron chi connectivity index (χ2n) is 5.58. The number of hydrogen-bond acceptors (Lipinski definition) is 6.